The van der Waals surface area contributed by atoms with Gasteiger partial charge in [0.05, 0.1) is 17.4 Å². The lowest BCUT2D eigenvalue weighted by molar-refractivity contribution is -0.133. The molecule has 48 heavy (non-hydrogen) atoms. The lowest BCUT2D eigenvalue weighted by atomic mass is 10.1. The Morgan fingerprint density at radius 1 is 0.938 bits per heavy atom. The minimum Gasteiger partial charge on any atom is -0.492 e. The molecule has 3 aromatic heterocycles. The molecule has 0 unspecified atom stereocenters. The van der Waals surface area contributed by atoms with Gasteiger partial charge in [-0.3, -0.25) is 9.89 Å². The molecule has 6 N–H and O–H groups in total. The molecule has 0 spiro atoms. The first-order valence-corrected chi connectivity index (χ1v) is 16.0. The summed E-state index contributed by atoms with van der Waals surface area (Å²) in [6.07, 6.45) is 1.56. The van der Waals surface area contributed by atoms with Gasteiger partial charge in [0.2, 0.25) is 5.16 Å². The van der Waals surface area contributed by atoms with Crippen LogP contribution >= 0.6 is 23.4 Å². The van der Waals surface area contributed by atoms with Crippen molar-refractivity contribution in [3.8, 4) is 51.5 Å². The van der Waals surface area contributed by atoms with E-state index in [0.29, 0.717) is 57.2 Å². The number of carboxylic acids is 1. The zero-order valence-electron chi connectivity index (χ0n) is 25.3. The van der Waals surface area contributed by atoms with Gasteiger partial charge in [-0.1, -0.05) is 35.5 Å². The molecular formula is C34H29ClN6O6S. The molecule has 0 amide bonds. The monoisotopic (exact) mass is 684 g/mol. The minimum atomic E-state index is -0.938. The van der Waals surface area contributed by atoms with Crippen molar-refractivity contribution in [1.29, 1.82) is 0 Å². The number of H-pyrrole nitrogens is 1. The molecule has 3 aromatic carbocycles. The highest BCUT2D eigenvalue weighted by Crippen LogP contribution is 2.33. The maximum Gasteiger partial charge on any atom is 0.313 e. The Bertz CT molecular complexity index is 2050. The van der Waals surface area contributed by atoms with Crippen LogP contribution in [0.1, 0.15) is 17.7 Å². The van der Waals surface area contributed by atoms with Crippen LogP contribution in [0.25, 0.3) is 34.2 Å². The average Bonchev–Trinajstić information content (AvgIpc) is 3.88. The van der Waals surface area contributed by atoms with Crippen LogP contribution in [-0.2, 0) is 11.2 Å². The van der Waals surface area contributed by atoms with Gasteiger partial charge in [0, 0.05) is 11.1 Å². The van der Waals surface area contributed by atoms with Crippen LogP contribution < -0.4 is 21.1 Å². The predicted octanol–water partition coefficient (Wildman–Crippen LogP) is 7.20. The van der Waals surface area contributed by atoms with Crippen molar-refractivity contribution in [2.45, 2.75) is 18.0 Å². The van der Waals surface area contributed by atoms with E-state index >= 15 is 0 Å². The smallest absolute Gasteiger partial charge is 0.313 e. The number of amidine groups is 1. The number of nitrogens with two attached hydrogens (primary N) is 2. The van der Waals surface area contributed by atoms with E-state index in [1.807, 2.05) is 66.7 Å². The van der Waals surface area contributed by atoms with Gasteiger partial charge in [0.15, 0.2) is 23.2 Å². The lowest BCUT2D eigenvalue weighted by Gasteiger charge is -2.10. The van der Waals surface area contributed by atoms with E-state index in [-0.39, 0.29) is 11.6 Å². The summed E-state index contributed by atoms with van der Waals surface area (Å²) in [5, 5.41) is 19.9. The third-order valence-corrected chi connectivity index (χ3v) is 8.11. The summed E-state index contributed by atoms with van der Waals surface area (Å²) in [7, 11) is 0. The minimum absolute atomic E-state index is 0.109. The molecule has 12 nitrogen and oxygen atoms in total. The van der Waals surface area contributed by atoms with E-state index in [1.165, 1.54) is 0 Å². The van der Waals surface area contributed by atoms with Gasteiger partial charge in [-0.15, -0.1) is 5.10 Å². The number of benzene rings is 3. The second-order valence-electron chi connectivity index (χ2n) is 10.4. The first-order valence-electron chi connectivity index (χ1n) is 14.7. The average molecular weight is 685 g/mol. The molecule has 0 fully saturated rings. The van der Waals surface area contributed by atoms with Gasteiger partial charge in [-0.25, -0.2) is 0 Å². The van der Waals surface area contributed by atoms with Gasteiger partial charge in [0.1, 0.15) is 28.8 Å². The highest BCUT2D eigenvalue weighted by molar-refractivity contribution is 7.99. The summed E-state index contributed by atoms with van der Waals surface area (Å²) < 4.78 is 23.7. The van der Waals surface area contributed by atoms with Crippen molar-refractivity contribution < 1.29 is 28.2 Å². The third-order valence-electron chi connectivity index (χ3n) is 6.98. The second kappa shape index (κ2) is 14.8. The van der Waals surface area contributed by atoms with Crippen LogP contribution in [-0.4, -0.2) is 44.5 Å². The quantitative estimate of drug-likeness (QED) is 0.0227. The summed E-state index contributed by atoms with van der Waals surface area (Å²) in [4.78, 5) is 15.1. The van der Waals surface area contributed by atoms with Crippen LogP contribution in [0, 0.1) is 0 Å². The van der Waals surface area contributed by atoms with Crippen LogP contribution in [0.2, 0.25) is 5.02 Å². The number of furan rings is 2. The Morgan fingerprint density at radius 3 is 2.50 bits per heavy atom. The molecule has 0 atom stereocenters. The van der Waals surface area contributed by atoms with E-state index in [2.05, 4.69) is 20.3 Å². The molecule has 244 valence electrons. The highest BCUT2D eigenvalue weighted by Gasteiger charge is 2.14. The fraction of sp³-hybridized carbons (Fsp3) is 0.118. The molecule has 6 rings (SSSR count). The van der Waals surface area contributed by atoms with E-state index in [9.17, 15) is 4.79 Å². The molecule has 0 radical (unpaired) electrons. The number of rotatable bonds is 14. The molecule has 0 aliphatic heterocycles. The number of aromatic amines is 1. The number of nitrogens with zero attached hydrogens (tertiary/aromatic N) is 3. The maximum atomic E-state index is 10.8. The first-order chi connectivity index (χ1) is 23.3. The van der Waals surface area contributed by atoms with E-state index in [4.69, 9.17) is 46.6 Å². The lowest BCUT2D eigenvalue weighted by Crippen LogP contribution is -2.14. The Morgan fingerprint density at radius 2 is 1.71 bits per heavy atom. The first kappa shape index (κ1) is 32.3. The molecule has 14 heteroatoms. The second-order valence-corrected chi connectivity index (χ2v) is 11.7. The van der Waals surface area contributed by atoms with Crippen molar-refractivity contribution in [3.63, 3.8) is 0 Å². The summed E-state index contributed by atoms with van der Waals surface area (Å²) in [6, 6.07) is 28.0. The number of aromatic nitrogens is 3. The Labute approximate surface area is 283 Å². The van der Waals surface area contributed by atoms with Crippen molar-refractivity contribution >= 4 is 35.2 Å². The predicted molar refractivity (Wildman–Crippen MR) is 182 cm³/mol. The fourth-order valence-corrected chi connectivity index (χ4v) is 5.43. The largest absolute Gasteiger partial charge is 0.492 e. The Balaban J connectivity index is 0.991. The van der Waals surface area contributed by atoms with Gasteiger partial charge < -0.3 is 35.0 Å². The summed E-state index contributed by atoms with van der Waals surface area (Å²) in [5.41, 5.74) is 8.45. The summed E-state index contributed by atoms with van der Waals surface area (Å²) >= 11 is 7.51. The molecule has 0 aliphatic carbocycles. The van der Waals surface area contributed by atoms with Crippen LogP contribution in [0.5, 0.6) is 17.2 Å². The molecule has 0 saturated heterocycles. The molecule has 0 aliphatic rings. The van der Waals surface area contributed by atoms with E-state index < -0.39 is 5.97 Å². The van der Waals surface area contributed by atoms with Crippen molar-refractivity contribution in [3.05, 3.63) is 107 Å². The third kappa shape index (κ3) is 8.00. The topological polar surface area (TPSA) is 188 Å². The normalized spacial score (nSPS) is 11.5. The highest BCUT2D eigenvalue weighted by atomic mass is 35.5. The molecule has 3 heterocycles. The maximum absolute atomic E-state index is 10.8. The number of carboxylic acid groups (broad SMARTS) is 1. The summed E-state index contributed by atoms with van der Waals surface area (Å²) in [5.74, 6) is 8.78. The fourth-order valence-electron chi connectivity index (χ4n) is 4.68. The number of hydrogen-bond donors (Lipinski definition) is 4. The molecule has 0 bridgehead atoms. The van der Waals surface area contributed by atoms with Gasteiger partial charge >= 0.3 is 5.97 Å². The van der Waals surface area contributed by atoms with Crippen molar-refractivity contribution in [2.75, 3.05) is 12.4 Å². The van der Waals surface area contributed by atoms with Crippen molar-refractivity contribution in [2.24, 2.45) is 16.7 Å². The number of halogens is 1. The van der Waals surface area contributed by atoms with Gasteiger partial charge in [-0.2, -0.15) is 10.1 Å². The Hall–Kier alpha value is -5.66. The SMILES string of the molecule is N/N=C(\N)c1ccc(-c2ccc(OCCCc3cccc(Oc4ccc(-c5ccc(-c6nc(SCC(=O)O)n[nH]6)o5)cc4)c3)c(Cl)c2)o1. The van der Waals surface area contributed by atoms with Crippen LogP contribution in [0.4, 0.5) is 0 Å². The van der Waals surface area contributed by atoms with Gasteiger partial charge in [-0.05, 0) is 97.3 Å². The number of hydrazone groups is 1. The molecular weight excluding hydrogens is 656 g/mol. The standard InChI is InChI=1S/C34H29ClN6O6S/c35-25-18-22(27-12-14-29(46-27)32(36)39-37)8-11-28(25)44-16-2-4-20-3-1-5-24(17-20)45-23-9-6-21(7-10-23)26-13-15-30(47-26)33-38-34(41-40-33)48-19-31(42)43/h1,3,5-15,17-18H,2,4,16,19,37H2,(H2,36,39)(H,42,43)(H,38,40,41). The molecule has 6 aromatic rings. The van der Waals surface area contributed by atoms with Crippen LogP contribution in [0.15, 0.2) is 110 Å². The number of aliphatic carboxylic acids is 1. The van der Waals surface area contributed by atoms with E-state index in [0.717, 1.165) is 47.0 Å². The van der Waals surface area contributed by atoms with E-state index in [1.54, 1.807) is 24.3 Å². The number of aryl methyl sites for hydroxylation is 1. The molecule has 0 saturated carbocycles. The van der Waals surface area contributed by atoms with Crippen LogP contribution in [0.3, 0.4) is 0 Å². The Kier molecular flexibility index (Phi) is 9.98. The summed E-state index contributed by atoms with van der Waals surface area (Å²) in [6.45, 7) is 0.482. The van der Waals surface area contributed by atoms with Gasteiger partial charge in [0.25, 0.3) is 0 Å². The number of hydrogen-bond acceptors (Lipinski definition) is 10. The number of ether oxygens (including phenoxy) is 2. The number of thioether (sulfide) groups is 1. The number of nitrogens with one attached hydrogen (secondary N) is 1. The number of carbonyl (C=O) groups is 1. The zero-order chi connectivity index (χ0) is 33.5. The zero-order valence-corrected chi connectivity index (χ0v) is 26.8. The van der Waals surface area contributed by atoms with Crippen molar-refractivity contribution in [1.82, 2.24) is 15.2 Å².